The lowest BCUT2D eigenvalue weighted by molar-refractivity contribution is -0.127. The minimum Gasteiger partial charge on any atom is -0.486 e. The number of hydrogen-bond acceptors (Lipinski definition) is 4. The van der Waals surface area contributed by atoms with Gasteiger partial charge < -0.3 is 19.1 Å². The van der Waals surface area contributed by atoms with E-state index in [2.05, 4.69) is 0 Å². The molecule has 2 aliphatic heterocycles. The normalized spacial score (nSPS) is 18.8. The van der Waals surface area contributed by atoms with Gasteiger partial charge in [-0.05, 0) is 42.7 Å². The van der Waals surface area contributed by atoms with Gasteiger partial charge in [0.2, 0.25) is 0 Å². The number of amides is 1. The van der Waals surface area contributed by atoms with E-state index in [0.717, 1.165) is 35.6 Å². The van der Waals surface area contributed by atoms with Crippen molar-refractivity contribution in [2.75, 3.05) is 24.7 Å². The second-order valence-corrected chi connectivity index (χ2v) is 6.24. The first-order chi connectivity index (χ1) is 12.3. The number of anilines is 1. The topological polar surface area (TPSA) is 48.0 Å². The SMILES string of the molecule is O=C([C@@H]1CCCO1)N(Cc1ccc2c(c1)OCCO2)c1ccccc1. The Hall–Kier alpha value is -2.53. The van der Waals surface area contributed by atoms with Gasteiger partial charge in [0, 0.05) is 12.3 Å². The maximum absolute atomic E-state index is 13.0. The van der Waals surface area contributed by atoms with Crippen LogP contribution >= 0.6 is 0 Å². The monoisotopic (exact) mass is 339 g/mol. The first-order valence-corrected chi connectivity index (χ1v) is 8.68. The molecule has 4 rings (SSSR count). The Balaban J connectivity index is 1.61. The molecule has 130 valence electrons. The van der Waals surface area contributed by atoms with Gasteiger partial charge in [0.1, 0.15) is 19.3 Å². The van der Waals surface area contributed by atoms with Crippen molar-refractivity contribution in [3.8, 4) is 11.5 Å². The van der Waals surface area contributed by atoms with Gasteiger partial charge in [-0.2, -0.15) is 0 Å². The molecule has 1 fully saturated rings. The van der Waals surface area contributed by atoms with Crippen LogP contribution in [0.15, 0.2) is 48.5 Å². The van der Waals surface area contributed by atoms with E-state index in [1.807, 2.05) is 48.5 Å². The van der Waals surface area contributed by atoms with Crippen molar-refractivity contribution < 1.29 is 19.0 Å². The smallest absolute Gasteiger partial charge is 0.256 e. The minimum atomic E-state index is -0.350. The van der Waals surface area contributed by atoms with Gasteiger partial charge in [0.05, 0.1) is 6.54 Å². The molecule has 0 saturated carbocycles. The van der Waals surface area contributed by atoms with Crippen LogP contribution in [0.5, 0.6) is 11.5 Å². The van der Waals surface area contributed by atoms with E-state index in [0.29, 0.717) is 26.4 Å². The van der Waals surface area contributed by atoms with Gasteiger partial charge in [-0.25, -0.2) is 0 Å². The number of fused-ring (bicyclic) bond motifs is 1. The Morgan fingerprint density at radius 2 is 1.80 bits per heavy atom. The number of rotatable bonds is 4. The molecule has 2 aliphatic rings. The summed E-state index contributed by atoms with van der Waals surface area (Å²) < 4.78 is 16.8. The number of carbonyl (C=O) groups excluding carboxylic acids is 1. The summed E-state index contributed by atoms with van der Waals surface area (Å²) >= 11 is 0. The van der Waals surface area contributed by atoms with Gasteiger partial charge in [0.15, 0.2) is 11.5 Å². The van der Waals surface area contributed by atoms with Gasteiger partial charge in [0.25, 0.3) is 5.91 Å². The third kappa shape index (κ3) is 3.46. The zero-order valence-corrected chi connectivity index (χ0v) is 14.0. The Kier molecular flexibility index (Phi) is 4.57. The molecule has 0 N–H and O–H groups in total. The zero-order chi connectivity index (χ0) is 17.1. The fraction of sp³-hybridized carbons (Fsp3) is 0.350. The highest BCUT2D eigenvalue weighted by Crippen LogP contribution is 2.32. The molecule has 2 heterocycles. The van der Waals surface area contributed by atoms with Crippen molar-refractivity contribution in [2.24, 2.45) is 0 Å². The molecule has 5 nitrogen and oxygen atoms in total. The number of hydrogen-bond donors (Lipinski definition) is 0. The van der Waals surface area contributed by atoms with E-state index in [4.69, 9.17) is 14.2 Å². The van der Waals surface area contributed by atoms with Crippen molar-refractivity contribution in [2.45, 2.75) is 25.5 Å². The van der Waals surface area contributed by atoms with Crippen LogP contribution in [0.25, 0.3) is 0 Å². The number of para-hydroxylation sites is 1. The maximum Gasteiger partial charge on any atom is 0.256 e. The van der Waals surface area contributed by atoms with Crippen molar-refractivity contribution in [3.05, 3.63) is 54.1 Å². The molecule has 1 atom stereocenters. The number of benzene rings is 2. The zero-order valence-electron chi connectivity index (χ0n) is 14.0. The number of carbonyl (C=O) groups is 1. The summed E-state index contributed by atoms with van der Waals surface area (Å²) in [5, 5.41) is 0. The van der Waals surface area contributed by atoms with Crippen LogP contribution in [0.2, 0.25) is 0 Å². The lowest BCUT2D eigenvalue weighted by Crippen LogP contribution is -2.38. The highest BCUT2D eigenvalue weighted by atomic mass is 16.6. The summed E-state index contributed by atoms with van der Waals surface area (Å²) in [5.41, 5.74) is 1.87. The average molecular weight is 339 g/mol. The first kappa shape index (κ1) is 16.0. The largest absolute Gasteiger partial charge is 0.486 e. The van der Waals surface area contributed by atoms with Crippen molar-refractivity contribution in [1.82, 2.24) is 0 Å². The predicted octanol–water partition coefficient (Wildman–Crippen LogP) is 3.17. The second kappa shape index (κ2) is 7.15. The van der Waals surface area contributed by atoms with Crippen LogP contribution in [0.1, 0.15) is 18.4 Å². The maximum atomic E-state index is 13.0. The Labute approximate surface area is 147 Å². The predicted molar refractivity (Wildman–Crippen MR) is 94.0 cm³/mol. The number of nitrogens with zero attached hydrogens (tertiary/aromatic N) is 1. The summed E-state index contributed by atoms with van der Waals surface area (Å²) in [6.45, 7) is 2.25. The molecule has 1 saturated heterocycles. The summed E-state index contributed by atoms with van der Waals surface area (Å²) in [5.74, 6) is 1.51. The molecule has 2 aromatic carbocycles. The lowest BCUT2D eigenvalue weighted by atomic mass is 10.1. The molecule has 0 unspecified atom stereocenters. The van der Waals surface area contributed by atoms with Crippen LogP contribution in [-0.2, 0) is 16.1 Å². The van der Waals surface area contributed by atoms with Crippen molar-refractivity contribution in [3.63, 3.8) is 0 Å². The fourth-order valence-electron chi connectivity index (χ4n) is 3.22. The molecular weight excluding hydrogens is 318 g/mol. The Bertz CT molecular complexity index is 741. The third-order valence-electron chi connectivity index (χ3n) is 4.49. The van der Waals surface area contributed by atoms with E-state index in [1.165, 1.54) is 0 Å². The fourth-order valence-corrected chi connectivity index (χ4v) is 3.22. The van der Waals surface area contributed by atoms with Crippen LogP contribution in [-0.4, -0.2) is 31.8 Å². The van der Waals surface area contributed by atoms with Gasteiger partial charge in [-0.1, -0.05) is 24.3 Å². The first-order valence-electron chi connectivity index (χ1n) is 8.68. The molecule has 5 heteroatoms. The van der Waals surface area contributed by atoms with E-state index in [1.54, 1.807) is 4.90 Å². The highest BCUT2D eigenvalue weighted by Gasteiger charge is 2.29. The standard InChI is InChI=1S/C20H21NO4/c22-20(18-7-4-10-23-18)21(16-5-2-1-3-6-16)14-15-8-9-17-19(13-15)25-12-11-24-17/h1-3,5-6,8-9,13,18H,4,7,10-12,14H2/t18-/m0/s1. The molecule has 0 bridgehead atoms. The van der Waals surface area contributed by atoms with Crippen LogP contribution in [0.3, 0.4) is 0 Å². The van der Waals surface area contributed by atoms with E-state index >= 15 is 0 Å². The highest BCUT2D eigenvalue weighted by molar-refractivity contribution is 5.96. The van der Waals surface area contributed by atoms with E-state index in [9.17, 15) is 4.79 Å². The quantitative estimate of drug-likeness (QED) is 0.858. The molecule has 2 aromatic rings. The Morgan fingerprint density at radius 1 is 1.00 bits per heavy atom. The second-order valence-electron chi connectivity index (χ2n) is 6.24. The molecule has 0 radical (unpaired) electrons. The van der Waals surface area contributed by atoms with Crippen LogP contribution < -0.4 is 14.4 Å². The summed E-state index contributed by atoms with van der Waals surface area (Å²) in [6.07, 6.45) is 1.37. The molecule has 0 aliphatic carbocycles. The molecular formula is C20H21NO4. The van der Waals surface area contributed by atoms with Crippen LogP contribution in [0, 0.1) is 0 Å². The summed E-state index contributed by atoms with van der Waals surface area (Å²) in [6, 6.07) is 15.6. The van der Waals surface area contributed by atoms with Gasteiger partial charge >= 0.3 is 0 Å². The molecule has 0 spiro atoms. The molecule has 25 heavy (non-hydrogen) atoms. The third-order valence-corrected chi connectivity index (χ3v) is 4.49. The van der Waals surface area contributed by atoms with E-state index in [-0.39, 0.29) is 12.0 Å². The summed E-state index contributed by atoms with van der Waals surface area (Å²) in [4.78, 5) is 14.8. The number of ether oxygens (including phenoxy) is 3. The molecule has 0 aromatic heterocycles. The average Bonchev–Trinajstić information content (AvgIpc) is 3.21. The van der Waals surface area contributed by atoms with Crippen molar-refractivity contribution >= 4 is 11.6 Å². The van der Waals surface area contributed by atoms with Gasteiger partial charge in [-0.15, -0.1) is 0 Å². The summed E-state index contributed by atoms with van der Waals surface area (Å²) in [7, 11) is 0. The van der Waals surface area contributed by atoms with E-state index < -0.39 is 0 Å². The minimum absolute atomic E-state index is 0.0126. The van der Waals surface area contributed by atoms with Gasteiger partial charge in [-0.3, -0.25) is 4.79 Å². The Morgan fingerprint density at radius 3 is 2.56 bits per heavy atom. The lowest BCUT2D eigenvalue weighted by Gasteiger charge is -2.26. The molecule has 1 amide bonds. The van der Waals surface area contributed by atoms with Crippen LogP contribution in [0.4, 0.5) is 5.69 Å². The van der Waals surface area contributed by atoms with Crippen molar-refractivity contribution in [1.29, 1.82) is 0 Å².